The topological polar surface area (TPSA) is 66.5 Å². The van der Waals surface area contributed by atoms with E-state index in [4.69, 9.17) is 4.74 Å². The second kappa shape index (κ2) is 7.08. The van der Waals surface area contributed by atoms with Gasteiger partial charge in [-0.2, -0.15) is 5.10 Å². The van der Waals surface area contributed by atoms with Crippen LogP contribution >= 0.6 is 15.9 Å². The number of hydrazone groups is 1. The Morgan fingerprint density at radius 1 is 1.43 bits per heavy atom. The summed E-state index contributed by atoms with van der Waals surface area (Å²) in [5.74, 6) is 0.534. The number of ether oxygens (including phenoxy) is 1. The fourth-order valence-electron chi connectivity index (χ4n) is 1.87. The Kier molecular flexibility index (Phi) is 5.16. The van der Waals surface area contributed by atoms with Crippen LogP contribution in [0.1, 0.15) is 23.0 Å². The van der Waals surface area contributed by atoms with E-state index < -0.39 is 0 Å². The summed E-state index contributed by atoms with van der Waals surface area (Å²) in [4.78, 5) is 14.7. The lowest BCUT2D eigenvalue weighted by Crippen LogP contribution is -2.20. The van der Waals surface area contributed by atoms with Crippen molar-refractivity contribution in [2.45, 2.75) is 13.3 Å². The molecule has 2 rings (SSSR count). The van der Waals surface area contributed by atoms with E-state index in [0.29, 0.717) is 12.1 Å². The lowest BCUT2D eigenvalue weighted by Gasteiger charge is -2.07. The monoisotopic (exact) mass is 349 g/mol. The van der Waals surface area contributed by atoms with Crippen molar-refractivity contribution < 1.29 is 9.53 Å². The van der Waals surface area contributed by atoms with Gasteiger partial charge in [-0.3, -0.25) is 4.79 Å². The minimum Gasteiger partial charge on any atom is -0.496 e. The number of hydrogen-bond donors (Lipinski definition) is 2. The van der Waals surface area contributed by atoms with E-state index in [0.717, 1.165) is 21.5 Å². The van der Waals surface area contributed by atoms with Gasteiger partial charge in [0.25, 0.3) is 5.91 Å². The average Bonchev–Trinajstić information content (AvgIpc) is 2.92. The third-order valence-electron chi connectivity index (χ3n) is 2.88. The molecule has 2 aromatic rings. The fraction of sp³-hybridized carbons (Fsp3) is 0.200. The van der Waals surface area contributed by atoms with Crippen molar-refractivity contribution in [2.75, 3.05) is 7.11 Å². The minimum absolute atomic E-state index is 0.278. The molecule has 110 valence electrons. The molecule has 0 unspecified atom stereocenters. The first-order valence-corrected chi connectivity index (χ1v) is 7.18. The number of carbonyl (C=O) groups excluding carboxylic acids is 1. The molecular formula is C15H16BrN3O2. The first-order valence-electron chi connectivity index (χ1n) is 6.39. The number of H-pyrrole nitrogens is 1. The number of rotatable bonds is 5. The molecule has 0 fully saturated rings. The van der Waals surface area contributed by atoms with E-state index in [2.05, 4.69) is 31.4 Å². The predicted octanol–water partition coefficient (Wildman–Crippen LogP) is 3.13. The molecule has 1 aromatic heterocycles. The number of benzene rings is 1. The number of halogens is 1. The Balaban J connectivity index is 2.00. The maximum absolute atomic E-state index is 11.8. The first kappa shape index (κ1) is 15.3. The van der Waals surface area contributed by atoms with E-state index in [9.17, 15) is 4.79 Å². The zero-order valence-corrected chi connectivity index (χ0v) is 13.4. The van der Waals surface area contributed by atoms with E-state index in [1.165, 1.54) is 0 Å². The van der Waals surface area contributed by atoms with Crippen molar-refractivity contribution in [3.8, 4) is 5.75 Å². The van der Waals surface area contributed by atoms with Gasteiger partial charge in [0.05, 0.1) is 7.11 Å². The predicted molar refractivity (Wildman–Crippen MR) is 85.8 cm³/mol. The molecule has 5 nitrogen and oxygen atoms in total. The minimum atomic E-state index is -0.278. The standard InChI is InChI=1S/C15H16BrN3O2/c1-10(7-11-5-3-4-6-14(11)21-2)18-19-15(20)13-8-12(16)9-17-13/h3-6,8-9,17H,7H2,1-2H3,(H,19,20)/b18-10-. The van der Waals surface area contributed by atoms with Gasteiger partial charge in [-0.05, 0) is 40.5 Å². The largest absolute Gasteiger partial charge is 0.496 e. The van der Waals surface area contributed by atoms with Crippen LogP contribution in [0, 0.1) is 0 Å². The van der Waals surface area contributed by atoms with Crippen LogP contribution in [0.3, 0.4) is 0 Å². The maximum Gasteiger partial charge on any atom is 0.287 e. The summed E-state index contributed by atoms with van der Waals surface area (Å²) in [5, 5.41) is 4.11. The van der Waals surface area contributed by atoms with Crippen molar-refractivity contribution in [3.63, 3.8) is 0 Å². The van der Waals surface area contributed by atoms with Crippen molar-refractivity contribution in [1.82, 2.24) is 10.4 Å². The van der Waals surface area contributed by atoms with Crippen molar-refractivity contribution in [2.24, 2.45) is 5.10 Å². The smallest absolute Gasteiger partial charge is 0.287 e. The molecule has 1 aromatic carbocycles. The van der Waals surface area contributed by atoms with Crippen molar-refractivity contribution in [3.05, 3.63) is 52.3 Å². The molecule has 0 saturated heterocycles. The van der Waals surface area contributed by atoms with Gasteiger partial charge < -0.3 is 9.72 Å². The summed E-state index contributed by atoms with van der Waals surface area (Å²) in [6, 6.07) is 9.43. The van der Waals surface area contributed by atoms with E-state index in [-0.39, 0.29) is 5.91 Å². The van der Waals surface area contributed by atoms with E-state index >= 15 is 0 Å². The van der Waals surface area contributed by atoms with Gasteiger partial charge in [0.1, 0.15) is 11.4 Å². The fourth-order valence-corrected chi connectivity index (χ4v) is 2.21. The number of hydrogen-bond acceptors (Lipinski definition) is 3. The second-order valence-electron chi connectivity index (χ2n) is 4.51. The molecule has 0 spiro atoms. The number of amides is 1. The number of aromatic nitrogens is 1. The quantitative estimate of drug-likeness (QED) is 0.643. The van der Waals surface area contributed by atoms with Crippen LogP contribution < -0.4 is 10.2 Å². The molecule has 2 N–H and O–H groups in total. The molecule has 0 aliphatic rings. The number of methoxy groups -OCH3 is 1. The number of para-hydroxylation sites is 1. The van der Waals surface area contributed by atoms with Crippen LogP contribution in [0.15, 0.2) is 46.1 Å². The summed E-state index contributed by atoms with van der Waals surface area (Å²) in [7, 11) is 1.64. The zero-order chi connectivity index (χ0) is 15.2. The van der Waals surface area contributed by atoms with E-state index in [1.54, 1.807) is 19.4 Å². The zero-order valence-electron chi connectivity index (χ0n) is 11.8. The van der Waals surface area contributed by atoms with Crippen LogP contribution in [0.25, 0.3) is 0 Å². The molecule has 6 heteroatoms. The van der Waals surface area contributed by atoms with Crippen LogP contribution in [0.2, 0.25) is 0 Å². The molecule has 1 amide bonds. The lowest BCUT2D eigenvalue weighted by molar-refractivity contribution is 0.0950. The van der Waals surface area contributed by atoms with Crippen LogP contribution in [-0.2, 0) is 6.42 Å². The molecule has 0 radical (unpaired) electrons. The van der Waals surface area contributed by atoms with Crippen LogP contribution in [0.5, 0.6) is 5.75 Å². The van der Waals surface area contributed by atoms with E-state index in [1.807, 2.05) is 31.2 Å². The molecule has 0 aliphatic heterocycles. The normalized spacial score (nSPS) is 11.3. The lowest BCUT2D eigenvalue weighted by atomic mass is 10.1. The Morgan fingerprint density at radius 3 is 2.86 bits per heavy atom. The summed E-state index contributed by atoms with van der Waals surface area (Å²) < 4.78 is 6.11. The van der Waals surface area contributed by atoms with Crippen LogP contribution in [-0.4, -0.2) is 23.7 Å². The van der Waals surface area contributed by atoms with Gasteiger partial charge in [-0.1, -0.05) is 18.2 Å². The highest BCUT2D eigenvalue weighted by Crippen LogP contribution is 2.18. The summed E-state index contributed by atoms with van der Waals surface area (Å²) in [6.07, 6.45) is 2.30. The highest BCUT2D eigenvalue weighted by molar-refractivity contribution is 9.10. The van der Waals surface area contributed by atoms with Gasteiger partial charge in [-0.15, -0.1) is 0 Å². The molecule has 0 saturated carbocycles. The van der Waals surface area contributed by atoms with Gasteiger partial charge in [0.2, 0.25) is 0 Å². The van der Waals surface area contributed by atoms with Crippen LogP contribution in [0.4, 0.5) is 0 Å². The average molecular weight is 350 g/mol. The molecule has 21 heavy (non-hydrogen) atoms. The second-order valence-corrected chi connectivity index (χ2v) is 5.42. The highest BCUT2D eigenvalue weighted by Gasteiger charge is 2.07. The van der Waals surface area contributed by atoms with Gasteiger partial charge in [0.15, 0.2) is 0 Å². The van der Waals surface area contributed by atoms with Crippen molar-refractivity contribution >= 4 is 27.5 Å². The number of carbonyl (C=O) groups is 1. The first-order chi connectivity index (χ1) is 10.1. The van der Waals surface area contributed by atoms with Gasteiger partial charge in [0, 0.05) is 22.8 Å². The molecule has 0 aliphatic carbocycles. The summed E-state index contributed by atoms with van der Waals surface area (Å²) in [6.45, 7) is 1.86. The summed E-state index contributed by atoms with van der Waals surface area (Å²) >= 11 is 3.28. The Labute approximate surface area is 131 Å². The number of nitrogens with zero attached hydrogens (tertiary/aromatic N) is 1. The number of nitrogens with one attached hydrogen (secondary N) is 2. The third kappa shape index (κ3) is 4.19. The molecular weight excluding hydrogens is 334 g/mol. The SMILES string of the molecule is COc1ccccc1C/C(C)=N\NC(=O)c1cc(Br)c[nH]1. The van der Waals surface area contributed by atoms with Gasteiger partial charge in [-0.25, -0.2) is 5.43 Å². The number of aromatic amines is 1. The summed E-state index contributed by atoms with van der Waals surface area (Å²) in [5.41, 5.74) is 4.80. The Hall–Kier alpha value is -2.08. The molecule has 0 bridgehead atoms. The Morgan fingerprint density at radius 2 is 2.19 bits per heavy atom. The Bertz CT molecular complexity index is 664. The van der Waals surface area contributed by atoms with Gasteiger partial charge >= 0.3 is 0 Å². The highest BCUT2D eigenvalue weighted by atomic mass is 79.9. The molecule has 1 heterocycles. The molecule has 0 atom stereocenters. The third-order valence-corrected chi connectivity index (χ3v) is 3.34. The van der Waals surface area contributed by atoms with Crippen molar-refractivity contribution in [1.29, 1.82) is 0 Å². The maximum atomic E-state index is 11.8.